The van der Waals surface area contributed by atoms with Crippen molar-refractivity contribution >= 4 is 33.3 Å². The Morgan fingerprint density at radius 2 is 2.24 bits per heavy atom. The number of ether oxygens (including phenoxy) is 1. The predicted molar refractivity (Wildman–Crippen MR) is 87.0 cm³/mol. The Morgan fingerprint density at radius 1 is 1.57 bits per heavy atom. The molecular weight excluding hydrogens is 356 g/mol. The van der Waals surface area contributed by atoms with Gasteiger partial charge in [-0.15, -0.1) is 4.72 Å². The van der Waals surface area contributed by atoms with E-state index in [9.17, 15) is 9.35 Å². The van der Waals surface area contributed by atoms with E-state index in [1.807, 2.05) is 20.8 Å². The lowest BCUT2D eigenvalue weighted by molar-refractivity contribution is -0.143. The molecule has 0 bridgehead atoms. The molecule has 0 aromatic carbocycles. The molecule has 118 valence electrons. The van der Waals surface area contributed by atoms with Crippen molar-refractivity contribution < 1.29 is 14.1 Å². The summed E-state index contributed by atoms with van der Waals surface area (Å²) >= 11 is 2.01. The Kier molecular flexibility index (Phi) is 7.12. The van der Waals surface area contributed by atoms with Gasteiger partial charge >= 0.3 is 5.97 Å². The molecule has 0 saturated heterocycles. The van der Waals surface area contributed by atoms with Crippen LogP contribution in [-0.2, 0) is 20.9 Å². The summed E-state index contributed by atoms with van der Waals surface area (Å²) in [4.78, 5) is 15.8. The molecule has 1 rings (SSSR count). The van der Waals surface area contributed by atoms with Gasteiger partial charge in [-0.1, -0.05) is 0 Å². The van der Waals surface area contributed by atoms with E-state index in [2.05, 4.69) is 25.6 Å². The number of nitrogens with zero attached hydrogens (tertiary/aromatic N) is 1. The van der Waals surface area contributed by atoms with Gasteiger partial charge in [0.05, 0.1) is 19.1 Å². The van der Waals surface area contributed by atoms with E-state index in [-0.39, 0.29) is 18.4 Å². The minimum atomic E-state index is -1.29. The number of carbonyl (C=O) groups excluding carboxylic acids is 1. The molecule has 0 aliphatic carbocycles. The quantitative estimate of drug-likeness (QED) is 0.469. The number of carbonyl (C=O) groups is 1. The Labute approximate surface area is 137 Å². The van der Waals surface area contributed by atoms with E-state index >= 15 is 0 Å². The van der Waals surface area contributed by atoms with Gasteiger partial charge < -0.3 is 9.29 Å². The second-order valence-electron chi connectivity index (χ2n) is 5.47. The third kappa shape index (κ3) is 6.34. The molecule has 1 unspecified atom stereocenters. The molecule has 7 heteroatoms. The van der Waals surface area contributed by atoms with Crippen molar-refractivity contribution in [1.29, 1.82) is 0 Å². The van der Waals surface area contributed by atoms with E-state index in [1.165, 1.54) is 0 Å². The summed E-state index contributed by atoms with van der Waals surface area (Å²) in [6.07, 6.45) is 1.76. The molecule has 1 aromatic heterocycles. The van der Waals surface area contributed by atoms with Crippen LogP contribution in [0.4, 0.5) is 0 Å². The van der Waals surface area contributed by atoms with E-state index in [0.717, 1.165) is 5.56 Å². The lowest BCUT2D eigenvalue weighted by Gasteiger charge is -2.27. The van der Waals surface area contributed by atoms with E-state index in [1.54, 1.807) is 25.3 Å². The fourth-order valence-corrected chi connectivity index (χ4v) is 2.77. The number of hydrogen-bond donors (Lipinski definition) is 1. The normalized spacial score (nSPS) is 14.6. The predicted octanol–water partition coefficient (Wildman–Crippen LogP) is 2.89. The summed E-state index contributed by atoms with van der Waals surface area (Å²) in [6.45, 7) is 7.71. The summed E-state index contributed by atoms with van der Waals surface area (Å²) in [5.41, 5.74) is 0.836. The Hall–Kier alpha value is -0.630. The largest absolute Gasteiger partial charge is 0.598 e. The van der Waals surface area contributed by atoms with E-state index < -0.39 is 16.1 Å². The molecule has 0 radical (unpaired) electrons. The van der Waals surface area contributed by atoms with Crippen molar-refractivity contribution in [2.45, 2.75) is 44.9 Å². The first-order valence-corrected chi connectivity index (χ1v) is 8.63. The molecule has 1 aromatic rings. The maximum absolute atomic E-state index is 12.3. The zero-order chi connectivity index (χ0) is 16.0. The molecule has 0 aliphatic rings. The van der Waals surface area contributed by atoms with Gasteiger partial charge in [-0.25, -0.2) is 4.98 Å². The number of aromatic nitrogens is 1. The van der Waals surface area contributed by atoms with Crippen LogP contribution in [0.25, 0.3) is 0 Å². The van der Waals surface area contributed by atoms with Crippen molar-refractivity contribution in [1.82, 2.24) is 9.71 Å². The summed E-state index contributed by atoms with van der Waals surface area (Å²) in [7, 11) is 0. The molecule has 21 heavy (non-hydrogen) atoms. The standard InChI is InChI=1S/C14H21BrN2O3S/c1-5-20-13(18)9-11(17-21(19)14(2,3)4)10-6-7-16-12(15)8-10/h6-8,11,17H,5,9H2,1-4H3/t11-,21?/m1/s1. The number of hydrogen-bond acceptors (Lipinski definition) is 5. The second-order valence-corrected chi connectivity index (χ2v) is 8.28. The van der Waals surface area contributed by atoms with Crippen molar-refractivity contribution in [3.63, 3.8) is 0 Å². The Morgan fingerprint density at radius 3 is 2.76 bits per heavy atom. The van der Waals surface area contributed by atoms with Gasteiger partial charge in [0.25, 0.3) is 0 Å². The summed E-state index contributed by atoms with van der Waals surface area (Å²) < 4.78 is 20.5. The lowest BCUT2D eigenvalue weighted by Crippen LogP contribution is -2.42. The van der Waals surface area contributed by atoms with Gasteiger partial charge in [-0.2, -0.15) is 0 Å². The van der Waals surface area contributed by atoms with E-state index in [0.29, 0.717) is 11.2 Å². The molecule has 1 N–H and O–H groups in total. The first kappa shape index (κ1) is 18.4. The highest BCUT2D eigenvalue weighted by Gasteiger charge is 2.31. The van der Waals surface area contributed by atoms with Gasteiger partial charge in [-0.3, -0.25) is 4.79 Å². The maximum atomic E-state index is 12.3. The highest BCUT2D eigenvalue weighted by atomic mass is 79.9. The number of rotatable bonds is 6. The van der Waals surface area contributed by atoms with E-state index in [4.69, 9.17) is 4.74 Å². The lowest BCUT2D eigenvalue weighted by atomic mass is 10.1. The summed E-state index contributed by atoms with van der Waals surface area (Å²) in [5.74, 6) is -0.325. The highest BCUT2D eigenvalue weighted by Crippen LogP contribution is 2.24. The maximum Gasteiger partial charge on any atom is 0.307 e. The van der Waals surface area contributed by atoms with Crippen LogP contribution in [-0.4, -0.2) is 26.9 Å². The van der Waals surface area contributed by atoms with Crippen molar-refractivity contribution in [2.75, 3.05) is 6.61 Å². The Bertz CT molecular complexity index is 480. The topological polar surface area (TPSA) is 74.3 Å². The molecule has 0 aliphatic heterocycles. The molecular formula is C14H21BrN2O3S. The highest BCUT2D eigenvalue weighted by molar-refractivity contribution is 9.10. The van der Waals surface area contributed by atoms with Gasteiger partial charge in [0.1, 0.15) is 9.35 Å². The van der Waals surface area contributed by atoms with Crippen LogP contribution in [0.2, 0.25) is 0 Å². The van der Waals surface area contributed by atoms with Crippen LogP contribution in [0.5, 0.6) is 0 Å². The molecule has 0 amide bonds. The number of esters is 1. The van der Waals surface area contributed by atoms with Crippen LogP contribution in [0.1, 0.15) is 45.7 Å². The van der Waals surface area contributed by atoms with Crippen molar-refractivity contribution in [3.8, 4) is 0 Å². The van der Waals surface area contributed by atoms with Gasteiger partial charge in [0.2, 0.25) is 0 Å². The second kappa shape index (κ2) is 8.12. The average molecular weight is 377 g/mol. The fraction of sp³-hybridized carbons (Fsp3) is 0.571. The first-order chi connectivity index (χ1) is 9.74. The molecule has 0 fully saturated rings. The molecule has 0 saturated carbocycles. The average Bonchev–Trinajstić information content (AvgIpc) is 2.37. The zero-order valence-corrected chi connectivity index (χ0v) is 15.1. The SMILES string of the molecule is CCOC(=O)C[C@@H](N[S+]([O-])C(C)(C)C)c1ccnc(Br)c1. The fourth-order valence-electron chi connectivity index (χ4n) is 1.55. The van der Waals surface area contributed by atoms with Gasteiger partial charge in [0.15, 0.2) is 0 Å². The molecule has 0 spiro atoms. The van der Waals surface area contributed by atoms with Crippen LogP contribution in [0.3, 0.4) is 0 Å². The molecule has 5 nitrogen and oxygen atoms in total. The third-order valence-electron chi connectivity index (χ3n) is 2.63. The third-order valence-corrected chi connectivity index (χ3v) is 4.68. The number of pyridine rings is 1. The smallest absolute Gasteiger partial charge is 0.307 e. The van der Waals surface area contributed by atoms with Crippen molar-refractivity contribution in [2.24, 2.45) is 0 Å². The van der Waals surface area contributed by atoms with Gasteiger partial charge in [0, 0.05) is 17.6 Å². The molecule has 2 atom stereocenters. The number of halogens is 1. The minimum absolute atomic E-state index is 0.117. The molecule has 1 heterocycles. The number of nitrogens with one attached hydrogen (secondary N) is 1. The monoisotopic (exact) mass is 376 g/mol. The van der Waals surface area contributed by atoms with Crippen molar-refractivity contribution in [3.05, 3.63) is 28.5 Å². The van der Waals surface area contributed by atoms with Crippen LogP contribution < -0.4 is 4.72 Å². The first-order valence-electron chi connectivity index (χ1n) is 6.69. The summed E-state index contributed by atoms with van der Waals surface area (Å²) in [5, 5.41) is 0. The Balaban J connectivity index is 2.92. The van der Waals surface area contributed by atoms with Crippen LogP contribution >= 0.6 is 15.9 Å². The van der Waals surface area contributed by atoms with Crippen LogP contribution in [0, 0.1) is 0 Å². The van der Waals surface area contributed by atoms with Gasteiger partial charge in [-0.05, 0) is 61.3 Å². The minimum Gasteiger partial charge on any atom is -0.598 e. The van der Waals surface area contributed by atoms with Crippen LogP contribution in [0.15, 0.2) is 22.9 Å². The zero-order valence-electron chi connectivity index (χ0n) is 12.7. The summed E-state index contributed by atoms with van der Waals surface area (Å²) in [6, 6.07) is 3.21.